The second-order valence-electron chi connectivity index (χ2n) is 8.19. The Morgan fingerprint density at radius 3 is 2.07 bits per heavy atom. The smallest absolute Gasteiger partial charge is 0.399 e. The Balaban J connectivity index is 1.97. The van der Waals surface area contributed by atoms with Gasteiger partial charge in [0.05, 0.1) is 21.7 Å². The zero-order valence-electron chi connectivity index (χ0n) is 17.1. The van der Waals surface area contributed by atoms with Gasteiger partial charge in [-0.25, -0.2) is 13.1 Å². The molecule has 0 bridgehead atoms. The zero-order chi connectivity index (χ0) is 22.4. The predicted octanol–water partition coefficient (Wildman–Crippen LogP) is 3.48. The maximum atomic E-state index is 13.5. The summed E-state index contributed by atoms with van der Waals surface area (Å²) in [5, 5.41) is 0. The van der Waals surface area contributed by atoms with Crippen LogP contribution in [0.4, 0.5) is 13.2 Å². The van der Waals surface area contributed by atoms with E-state index in [1.165, 1.54) is 0 Å². The molecule has 0 aliphatic carbocycles. The van der Waals surface area contributed by atoms with Gasteiger partial charge in [-0.1, -0.05) is 36.4 Å². The van der Waals surface area contributed by atoms with Gasteiger partial charge in [0, 0.05) is 6.54 Å². The van der Waals surface area contributed by atoms with Crippen LogP contribution in [0.25, 0.3) is 0 Å². The normalized spacial score (nSPS) is 18.6. The van der Waals surface area contributed by atoms with Gasteiger partial charge >= 0.3 is 13.3 Å². The van der Waals surface area contributed by atoms with Gasteiger partial charge in [0.25, 0.3) is 0 Å². The molecule has 2 aromatic carbocycles. The summed E-state index contributed by atoms with van der Waals surface area (Å²) < 4.78 is 79.9. The molecule has 1 fully saturated rings. The van der Waals surface area contributed by atoms with Crippen LogP contribution in [-0.2, 0) is 32.1 Å². The highest BCUT2D eigenvalue weighted by molar-refractivity contribution is 7.89. The van der Waals surface area contributed by atoms with E-state index >= 15 is 0 Å². The van der Waals surface area contributed by atoms with Gasteiger partial charge < -0.3 is 9.31 Å². The van der Waals surface area contributed by atoms with Crippen molar-refractivity contribution in [3.8, 4) is 0 Å². The van der Waals surface area contributed by atoms with Crippen molar-refractivity contribution in [3.63, 3.8) is 0 Å². The summed E-state index contributed by atoms with van der Waals surface area (Å²) in [6.07, 6.45) is -4.73. The molecule has 1 N–H and O–H groups in total. The lowest BCUT2D eigenvalue weighted by Gasteiger charge is -2.32. The Hall–Kier alpha value is -1.88. The third kappa shape index (κ3) is 4.72. The van der Waals surface area contributed by atoms with Crippen LogP contribution in [0.5, 0.6) is 0 Å². The summed E-state index contributed by atoms with van der Waals surface area (Å²) in [5.41, 5.74) is -1.98. The molecule has 1 aliphatic heterocycles. The Bertz CT molecular complexity index is 1010. The highest BCUT2D eigenvalue weighted by atomic mass is 32.2. The third-order valence-corrected chi connectivity index (χ3v) is 6.78. The number of alkyl halides is 3. The van der Waals surface area contributed by atoms with Crippen LogP contribution in [0, 0.1) is 0 Å². The minimum atomic E-state index is -4.73. The van der Waals surface area contributed by atoms with Crippen molar-refractivity contribution in [1.82, 2.24) is 4.72 Å². The van der Waals surface area contributed by atoms with E-state index in [0.29, 0.717) is 11.6 Å². The number of rotatable bonds is 5. The second kappa shape index (κ2) is 7.67. The molecule has 3 rings (SSSR count). The lowest BCUT2D eigenvalue weighted by atomic mass is 9.78. The Morgan fingerprint density at radius 1 is 0.967 bits per heavy atom. The number of nitrogens with one attached hydrogen (secondary N) is 1. The summed E-state index contributed by atoms with van der Waals surface area (Å²) >= 11 is 0. The molecule has 0 spiro atoms. The molecule has 162 valence electrons. The summed E-state index contributed by atoms with van der Waals surface area (Å²) in [4.78, 5) is -0.502. The van der Waals surface area contributed by atoms with Crippen molar-refractivity contribution in [3.05, 3.63) is 59.7 Å². The average molecular weight is 441 g/mol. The van der Waals surface area contributed by atoms with Gasteiger partial charge in [-0.15, -0.1) is 0 Å². The molecule has 1 saturated heterocycles. The van der Waals surface area contributed by atoms with E-state index < -0.39 is 45.0 Å². The van der Waals surface area contributed by atoms with Crippen molar-refractivity contribution in [1.29, 1.82) is 0 Å². The topological polar surface area (TPSA) is 64.6 Å². The average Bonchev–Trinajstić information content (AvgIpc) is 2.87. The molecule has 0 radical (unpaired) electrons. The Labute approximate surface area is 174 Å². The summed E-state index contributed by atoms with van der Waals surface area (Å²) in [6.45, 7) is 7.00. The summed E-state index contributed by atoms with van der Waals surface area (Å²) in [6, 6.07) is 11.3. The fourth-order valence-electron chi connectivity index (χ4n) is 2.91. The SMILES string of the molecule is CC1(C)OB(c2cc(C(F)(F)F)cc(S(=O)(=O)NCc3ccccc3)c2)OC1(C)C. The number of sulfonamides is 1. The lowest BCUT2D eigenvalue weighted by Crippen LogP contribution is -2.41. The van der Waals surface area contributed by atoms with E-state index in [1.807, 2.05) is 0 Å². The molecule has 5 nitrogen and oxygen atoms in total. The Morgan fingerprint density at radius 2 is 1.53 bits per heavy atom. The van der Waals surface area contributed by atoms with Gasteiger partial charge in [-0.3, -0.25) is 0 Å². The van der Waals surface area contributed by atoms with Gasteiger partial charge in [0.2, 0.25) is 10.0 Å². The predicted molar refractivity (Wildman–Crippen MR) is 108 cm³/mol. The van der Waals surface area contributed by atoms with Crippen LogP contribution in [0.2, 0.25) is 0 Å². The van der Waals surface area contributed by atoms with E-state index in [0.717, 1.165) is 12.1 Å². The van der Waals surface area contributed by atoms with E-state index in [4.69, 9.17) is 9.31 Å². The number of hydrogen-bond donors (Lipinski definition) is 1. The number of halogens is 3. The monoisotopic (exact) mass is 441 g/mol. The van der Waals surface area contributed by atoms with Crippen molar-refractivity contribution in [2.24, 2.45) is 0 Å². The van der Waals surface area contributed by atoms with Crippen LogP contribution in [-0.4, -0.2) is 26.7 Å². The van der Waals surface area contributed by atoms with Gasteiger partial charge in [-0.2, -0.15) is 13.2 Å². The quantitative estimate of drug-likeness (QED) is 0.722. The first-order chi connectivity index (χ1) is 13.7. The van der Waals surface area contributed by atoms with Crippen LogP contribution in [0.3, 0.4) is 0 Å². The summed E-state index contributed by atoms with van der Waals surface area (Å²) in [7, 11) is -5.34. The van der Waals surface area contributed by atoms with Crippen molar-refractivity contribution in [2.75, 3.05) is 0 Å². The van der Waals surface area contributed by atoms with Crippen molar-refractivity contribution < 1.29 is 30.9 Å². The first-order valence-electron chi connectivity index (χ1n) is 9.33. The highest BCUT2D eigenvalue weighted by Crippen LogP contribution is 2.37. The third-order valence-electron chi connectivity index (χ3n) is 5.40. The van der Waals surface area contributed by atoms with Gasteiger partial charge in [-0.05, 0) is 50.9 Å². The van der Waals surface area contributed by atoms with Crippen LogP contribution < -0.4 is 10.2 Å². The lowest BCUT2D eigenvalue weighted by molar-refractivity contribution is -0.137. The second-order valence-corrected chi connectivity index (χ2v) is 9.95. The maximum absolute atomic E-state index is 13.5. The molecule has 2 aromatic rings. The fraction of sp³-hybridized carbons (Fsp3) is 0.400. The minimum absolute atomic E-state index is 0.0106. The van der Waals surface area contributed by atoms with E-state index in [2.05, 4.69) is 4.72 Å². The van der Waals surface area contributed by atoms with E-state index in [1.54, 1.807) is 58.0 Å². The van der Waals surface area contributed by atoms with E-state index in [-0.39, 0.29) is 12.0 Å². The van der Waals surface area contributed by atoms with Crippen molar-refractivity contribution in [2.45, 2.75) is 56.5 Å². The number of hydrogen-bond acceptors (Lipinski definition) is 4. The molecule has 0 aromatic heterocycles. The molecule has 0 saturated carbocycles. The molecular weight excluding hydrogens is 418 g/mol. The molecule has 0 unspecified atom stereocenters. The molecule has 10 heteroatoms. The zero-order valence-corrected chi connectivity index (χ0v) is 17.9. The standard InChI is InChI=1S/C20H23BF3NO4S/c1-18(2)19(3,4)29-21(28-18)16-10-15(20(22,23)24)11-17(12-16)30(26,27)25-13-14-8-6-5-7-9-14/h5-12,25H,13H2,1-4H3. The van der Waals surface area contributed by atoms with Crippen LogP contribution in [0.1, 0.15) is 38.8 Å². The molecule has 1 heterocycles. The van der Waals surface area contributed by atoms with Crippen molar-refractivity contribution >= 4 is 22.6 Å². The molecule has 0 amide bonds. The Kier molecular flexibility index (Phi) is 5.83. The van der Waals surface area contributed by atoms with Crippen LogP contribution >= 0.6 is 0 Å². The minimum Gasteiger partial charge on any atom is -0.399 e. The fourth-order valence-corrected chi connectivity index (χ4v) is 4.01. The molecule has 30 heavy (non-hydrogen) atoms. The first-order valence-corrected chi connectivity index (χ1v) is 10.8. The summed E-state index contributed by atoms with van der Waals surface area (Å²) in [5.74, 6) is 0. The molecular formula is C20H23BF3NO4S. The van der Waals surface area contributed by atoms with Gasteiger partial charge in [0.15, 0.2) is 0 Å². The largest absolute Gasteiger partial charge is 0.494 e. The maximum Gasteiger partial charge on any atom is 0.494 e. The first kappa shape index (κ1) is 22.8. The van der Waals surface area contributed by atoms with Crippen LogP contribution in [0.15, 0.2) is 53.4 Å². The molecule has 1 aliphatic rings. The van der Waals surface area contributed by atoms with E-state index in [9.17, 15) is 21.6 Å². The van der Waals surface area contributed by atoms with Gasteiger partial charge in [0.1, 0.15) is 0 Å². The highest BCUT2D eigenvalue weighted by Gasteiger charge is 2.52. The number of benzene rings is 2. The molecule has 0 atom stereocenters.